The Kier molecular flexibility index (Phi) is 10.3. The number of rotatable bonds is 12. The Morgan fingerprint density at radius 1 is 0.941 bits per heavy atom. The van der Waals surface area contributed by atoms with Crippen LogP contribution in [0.2, 0.25) is 0 Å². The summed E-state index contributed by atoms with van der Waals surface area (Å²) in [5.41, 5.74) is 1.52. The summed E-state index contributed by atoms with van der Waals surface area (Å²) in [7, 11) is 1.36. The van der Waals surface area contributed by atoms with Gasteiger partial charge in [-0.2, -0.15) is 0 Å². The summed E-state index contributed by atoms with van der Waals surface area (Å²) >= 11 is 0. The fourth-order valence-corrected chi connectivity index (χ4v) is 4.24. The minimum atomic E-state index is -0.620. The quantitative estimate of drug-likeness (QED) is 0.321. The van der Waals surface area contributed by atoms with Crippen molar-refractivity contribution in [3.63, 3.8) is 0 Å². The highest BCUT2D eigenvalue weighted by Crippen LogP contribution is 2.27. The molecule has 0 radical (unpaired) electrons. The van der Waals surface area contributed by atoms with E-state index in [0.29, 0.717) is 30.3 Å². The molecule has 6 heteroatoms. The van der Waals surface area contributed by atoms with Crippen LogP contribution in [-0.4, -0.2) is 31.6 Å². The normalized spacial score (nSPS) is 14.8. The van der Waals surface area contributed by atoms with Gasteiger partial charge in [-0.1, -0.05) is 57.6 Å². The van der Waals surface area contributed by atoms with Gasteiger partial charge in [0.2, 0.25) is 0 Å². The van der Waals surface area contributed by atoms with Crippen LogP contribution in [-0.2, 0) is 16.1 Å². The highest BCUT2D eigenvalue weighted by Gasteiger charge is 2.26. The third-order valence-electron chi connectivity index (χ3n) is 6.30. The standard InChI is InChI=1S/C28H37NO5/c1-3-4-18-33-24-14-10-22(11-15-24)20-34-25-16-12-23(13-17-25)27(30)29-26(28(31)32-2)19-21-8-6-5-7-9-21/h10-17,21,26H,3-9,18-20H2,1-2H3,(H,29,30)/t26-/m0/s1. The second-order valence-corrected chi connectivity index (χ2v) is 8.95. The second-order valence-electron chi connectivity index (χ2n) is 8.95. The summed E-state index contributed by atoms with van der Waals surface area (Å²) in [4.78, 5) is 25.0. The minimum absolute atomic E-state index is 0.281. The van der Waals surface area contributed by atoms with Gasteiger partial charge in [0.25, 0.3) is 5.91 Å². The van der Waals surface area contributed by atoms with Crippen molar-refractivity contribution in [1.82, 2.24) is 5.32 Å². The van der Waals surface area contributed by atoms with Crippen LogP contribution in [0.25, 0.3) is 0 Å². The first-order chi connectivity index (χ1) is 16.6. The fraction of sp³-hybridized carbons (Fsp3) is 0.500. The van der Waals surface area contributed by atoms with E-state index in [0.717, 1.165) is 43.6 Å². The monoisotopic (exact) mass is 467 g/mol. The molecule has 1 aliphatic rings. The Hall–Kier alpha value is -3.02. The number of benzene rings is 2. The molecule has 0 aromatic heterocycles. The third kappa shape index (κ3) is 8.08. The van der Waals surface area contributed by atoms with E-state index < -0.39 is 6.04 Å². The largest absolute Gasteiger partial charge is 0.494 e. The topological polar surface area (TPSA) is 73.9 Å². The molecule has 3 rings (SSSR count). The van der Waals surface area contributed by atoms with Gasteiger partial charge in [-0.05, 0) is 60.7 Å². The Labute approximate surface area is 203 Å². The van der Waals surface area contributed by atoms with Crippen molar-refractivity contribution in [3.8, 4) is 11.5 Å². The molecule has 0 saturated heterocycles. The molecule has 1 fully saturated rings. The predicted molar refractivity (Wildman–Crippen MR) is 132 cm³/mol. The summed E-state index contributed by atoms with van der Waals surface area (Å²) in [6.45, 7) is 3.29. The molecule has 6 nitrogen and oxygen atoms in total. The maximum Gasteiger partial charge on any atom is 0.328 e. The minimum Gasteiger partial charge on any atom is -0.494 e. The van der Waals surface area contributed by atoms with Crippen molar-refractivity contribution in [2.45, 2.75) is 70.9 Å². The van der Waals surface area contributed by atoms with E-state index in [1.54, 1.807) is 24.3 Å². The van der Waals surface area contributed by atoms with Crippen molar-refractivity contribution < 1.29 is 23.8 Å². The average Bonchev–Trinajstić information content (AvgIpc) is 2.88. The molecule has 0 bridgehead atoms. The number of unbranched alkanes of at least 4 members (excludes halogenated alkanes) is 1. The van der Waals surface area contributed by atoms with Crippen LogP contribution in [0.5, 0.6) is 11.5 Å². The summed E-state index contributed by atoms with van der Waals surface area (Å²) in [5.74, 6) is 1.32. The molecule has 1 amide bonds. The number of hydrogen-bond acceptors (Lipinski definition) is 5. The molecule has 0 aliphatic heterocycles. The lowest BCUT2D eigenvalue weighted by molar-refractivity contribution is -0.143. The Bertz CT molecular complexity index is 888. The van der Waals surface area contributed by atoms with Crippen molar-refractivity contribution in [2.24, 2.45) is 5.92 Å². The lowest BCUT2D eigenvalue weighted by Crippen LogP contribution is -2.43. The van der Waals surface area contributed by atoms with Crippen LogP contribution < -0.4 is 14.8 Å². The molecule has 0 heterocycles. The van der Waals surface area contributed by atoms with Crippen LogP contribution in [0.1, 0.15) is 74.2 Å². The lowest BCUT2D eigenvalue weighted by Gasteiger charge is -2.25. The molecule has 1 N–H and O–H groups in total. The summed E-state index contributed by atoms with van der Waals surface area (Å²) in [5, 5.41) is 2.87. The molecular weight excluding hydrogens is 430 g/mol. The smallest absolute Gasteiger partial charge is 0.328 e. The lowest BCUT2D eigenvalue weighted by atomic mass is 9.85. The zero-order valence-corrected chi connectivity index (χ0v) is 20.4. The summed E-state index contributed by atoms with van der Waals surface area (Å²) in [6.07, 6.45) is 8.60. The van der Waals surface area contributed by atoms with Crippen LogP contribution in [0.3, 0.4) is 0 Å². The van der Waals surface area contributed by atoms with E-state index in [1.165, 1.54) is 26.4 Å². The average molecular weight is 468 g/mol. The molecule has 0 spiro atoms. The van der Waals surface area contributed by atoms with Gasteiger partial charge in [-0.3, -0.25) is 4.79 Å². The number of carbonyl (C=O) groups excluding carboxylic acids is 2. The molecule has 2 aromatic carbocycles. The van der Waals surface area contributed by atoms with Gasteiger partial charge in [-0.25, -0.2) is 4.79 Å². The maximum absolute atomic E-state index is 12.8. The molecular formula is C28H37NO5. The second kappa shape index (κ2) is 13.6. The van der Waals surface area contributed by atoms with E-state index in [-0.39, 0.29) is 11.9 Å². The van der Waals surface area contributed by atoms with Gasteiger partial charge < -0.3 is 19.5 Å². The fourth-order valence-electron chi connectivity index (χ4n) is 4.24. The van der Waals surface area contributed by atoms with Crippen molar-refractivity contribution >= 4 is 11.9 Å². The van der Waals surface area contributed by atoms with Crippen LogP contribution in [0.15, 0.2) is 48.5 Å². The number of nitrogens with one attached hydrogen (secondary N) is 1. The number of amides is 1. The zero-order valence-electron chi connectivity index (χ0n) is 20.4. The first-order valence-corrected chi connectivity index (χ1v) is 12.4. The van der Waals surface area contributed by atoms with E-state index in [4.69, 9.17) is 14.2 Å². The highest BCUT2D eigenvalue weighted by molar-refractivity contribution is 5.96. The van der Waals surface area contributed by atoms with Crippen molar-refractivity contribution in [2.75, 3.05) is 13.7 Å². The van der Waals surface area contributed by atoms with Gasteiger partial charge >= 0.3 is 5.97 Å². The predicted octanol–water partition coefficient (Wildman–Crippen LogP) is 5.69. The Balaban J connectivity index is 1.50. The highest BCUT2D eigenvalue weighted by atomic mass is 16.5. The van der Waals surface area contributed by atoms with Gasteiger partial charge in [0.15, 0.2) is 0 Å². The summed E-state index contributed by atoms with van der Waals surface area (Å²) < 4.78 is 16.5. The molecule has 184 valence electrons. The van der Waals surface area contributed by atoms with Gasteiger partial charge in [0, 0.05) is 5.56 Å². The Morgan fingerprint density at radius 2 is 1.59 bits per heavy atom. The molecule has 1 saturated carbocycles. The van der Waals surface area contributed by atoms with E-state index in [2.05, 4.69) is 12.2 Å². The van der Waals surface area contributed by atoms with Crippen molar-refractivity contribution in [3.05, 3.63) is 59.7 Å². The number of carbonyl (C=O) groups is 2. The van der Waals surface area contributed by atoms with Gasteiger partial charge in [-0.15, -0.1) is 0 Å². The number of hydrogen-bond donors (Lipinski definition) is 1. The third-order valence-corrected chi connectivity index (χ3v) is 6.30. The van der Waals surface area contributed by atoms with E-state index in [1.807, 2.05) is 24.3 Å². The first kappa shape index (κ1) is 25.6. The zero-order chi connectivity index (χ0) is 24.2. The molecule has 0 unspecified atom stereocenters. The maximum atomic E-state index is 12.8. The first-order valence-electron chi connectivity index (χ1n) is 12.4. The van der Waals surface area contributed by atoms with Crippen LogP contribution in [0.4, 0.5) is 0 Å². The van der Waals surface area contributed by atoms with Crippen LogP contribution >= 0.6 is 0 Å². The molecule has 34 heavy (non-hydrogen) atoms. The Morgan fingerprint density at radius 3 is 2.24 bits per heavy atom. The molecule has 1 atom stereocenters. The van der Waals surface area contributed by atoms with Gasteiger partial charge in [0.05, 0.1) is 13.7 Å². The molecule has 1 aliphatic carbocycles. The van der Waals surface area contributed by atoms with Crippen molar-refractivity contribution in [1.29, 1.82) is 0 Å². The van der Waals surface area contributed by atoms with E-state index >= 15 is 0 Å². The van der Waals surface area contributed by atoms with E-state index in [9.17, 15) is 9.59 Å². The number of methoxy groups -OCH3 is 1. The van der Waals surface area contributed by atoms with Crippen LogP contribution in [0, 0.1) is 5.92 Å². The SMILES string of the molecule is CCCCOc1ccc(COc2ccc(C(=O)N[C@@H](CC3CCCCC3)C(=O)OC)cc2)cc1. The molecule has 2 aromatic rings. The number of esters is 1. The summed E-state index contributed by atoms with van der Waals surface area (Å²) in [6, 6.07) is 14.2. The number of ether oxygens (including phenoxy) is 3. The van der Waals surface area contributed by atoms with Gasteiger partial charge in [0.1, 0.15) is 24.1 Å².